The van der Waals surface area contributed by atoms with Gasteiger partial charge in [0.1, 0.15) is 5.60 Å². The van der Waals surface area contributed by atoms with Gasteiger partial charge in [0.05, 0.1) is 6.04 Å². The molecule has 0 saturated heterocycles. The number of nitrogens with one attached hydrogen (secondary N) is 1. The fourth-order valence-electron chi connectivity index (χ4n) is 3.11. The first-order valence-electron chi connectivity index (χ1n) is 7.83. The molecular weight excluding hydrogens is 300 g/mol. The van der Waals surface area contributed by atoms with Gasteiger partial charge in [-0.2, -0.15) is 8.78 Å². The molecule has 124 valence electrons. The van der Waals surface area contributed by atoms with Gasteiger partial charge in [-0.25, -0.2) is 0 Å². The molecular formula is C18H21F2NO2. The summed E-state index contributed by atoms with van der Waals surface area (Å²) in [4.78, 5) is 0. The number of fused-ring (bicyclic) bond motifs is 1. The van der Waals surface area contributed by atoms with Crippen molar-refractivity contribution in [2.75, 3.05) is 6.54 Å². The van der Waals surface area contributed by atoms with Crippen molar-refractivity contribution in [1.29, 1.82) is 0 Å². The minimum atomic E-state index is -2.88. The lowest BCUT2D eigenvalue weighted by Crippen LogP contribution is -2.29. The Morgan fingerprint density at radius 1 is 1.39 bits per heavy atom. The summed E-state index contributed by atoms with van der Waals surface area (Å²) >= 11 is 0. The van der Waals surface area contributed by atoms with Gasteiger partial charge in [0, 0.05) is 12.1 Å². The SMILES string of the molecule is CCC1=CCNC1c1ccc(OC(F)F)c2c1C=CC(C)(C)O2. The average molecular weight is 321 g/mol. The van der Waals surface area contributed by atoms with Gasteiger partial charge in [-0.15, -0.1) is 0 Å². The summed E-state index contributed by atoms with van der Waals surface area (Å²) in [6, 6.07) is 3.50. The van der Waals surface area contributed by atoms with Crippen molar-refractivity contribution < 1.29 is 18.3 Å². The summed E-state index contributed by atoms with van der Waals surface area (Å²) in [5.41, 5.74) is 2.58. The second-order valence-corrected chi connectivity index (χ2v) is 6.29. The predicted molar refractivity (Wildman–Crippen MR) is 85.9 cm³/mol. The van der Waals surface area contributed by atoms with Crippen LogP contribution in [0.2, 0.25) is 0 Å². The largest absolute Gasteiger partial charge is 0.479 e. The van der Waals surface area contributed by atoms with Gasteiger partial charge < -0.3 is 14.8 Å². The lowest BCUT2D eigenvalue weighted by molar-refractivity contribution is -0.0526. The van der Waals surface area contributed by atoms with Crippen molar-refractivity contribution in [2.24, 2.45) is 0 Å². The third-order valence-corrected chi connectivity index (χ3v) is 4.20. The van der Waals surface area contributed by atoms with E-state index in [0.717, 1.165) is 24.1 Å². The number of rotatable bonds is 4. The Kier molecular flexibility index (Phi) is 4.15. The molecule has 0 aromatic heterocycles. The van der Waals surface area contributed by atoms with Crippen molar-refractivity contribution in [2.45, 2.75) is 45.4 Å². The van der Waals surface area contributed by atoms with Crippen LogP contribution >= 0.6 is 0 Å². The maximum atomic E-state index is 12.7. The number of benzene rings is 1. The third-order valence-electron chi connectivity index (χ3n) is 4.20. The first-order valence-corrected chi connectivity index (χ1v) is 7.83. The molecule has 0 spiro atoms. The molecule has 2 heterocycles. The van der Waals surface area contributed by atoms with Gasteiger partial charge in [-0.3, -0.25) is 0 Å². The lowest BCUT2D eigenvalue weighted by atomic mass is 9.91. The van der Waals surface area contributed by atoms with E-state index in [-0.39, 0.29) is 11.8 Å². The molecule has 1 aromatic carbocycles. The van der Waals surface area contributed by atoms with E-state index in [1.807, 2.05) is 32.1 Å². The monoisotopic (exact) mass is 321 g/mol. The van der Waals surface area contributed by atoms with Gasteiger partial charge >= 0.3 is 6.61 Å². The highest BCUT2D eigenvalue weighted by Gasteiger charge is 2.30. The van der Waals surface area contributed by atoms with E-state index in [4.69, 9.17) is 4.74 Å². The minimum absolute atomic E-state index is 0.0798. The number of ether oxygens (including phenoxy) is 2. The summed E-state index contributed by atoms with van der Waals surface area (Å²) in [5, 5.41) is 3.43. The van der Waals surface area contributed by atoms with E-state index in [1.54, 1.807) is 6.07 Å². The van der Waals surface area contributed by atoms with Gasteiger partial charge in [-0.1, -0.05) is 30.7 Å². The number of alkyl halides is 2. The van der Waals surface area contributed by atoms with E-state index in [1.165, 1.54) is 5.57 Å². The summed E-state index contributed by atoms with van der Waals surface area (Å²) in [6.45, 7) is 3.82. The van der Waals surface area contributed by atoms with Crippen molar-refractivity contribution >= 4 is 6.08 Å². The van der Waals surface area contributed by atoms with Crippen LogP contribution in [0.3, 0.4) is 0 Å². The number of halogens is 2. The second-order valence-electron chi connectivity index (χ2n) is 6.29. The molecule has 0 radical (unpaired) electrons. The molecule has 2 aliphatic rings. The molecule has 3 rings (SSSR count). The molecule has 3 nitrogen and oxygen atoms in total. The van der Waals surface area contributed by atoms with Gasteiger partial charge in [0.2, 0.25) is 0 Å². The smallest absolute Gasteiger partial charge is 0.387 e. The Morgan fingerprint density at radius 2 is 2.17 bits per heavy atom. The fourth-order valence-corrected chi connectivity index (χ4v) is 3.11. The highest BCUT2D eigenvalue weighted by molar-refractivity contribution is 5.70. The van der Waals surface area contributed by atoms with Gasteiger partial charge in [0.15, 0.2) is 11.5 Å². The molecule has 2 aliphatic heterocycles. The Labute approximate surface area is 135 Å². The topological polar surface area (TPSA) is 30.5 Å². The minimum Gasteiger partial charge on any atom is -0.479 e. The first-order chi connectivity index (χ1) is 10.9. The molecule has 23 heavy (non-hydrogen) atoms. The van der Waals surface area contributed by atoms with Crippen LogP contribution in [0, 0.1) is 0 Å². The van der Waals surface area contributed by atoms with Crippen LogP contribution in [-0.4, -0.2) is 18.8 Å². The number of hydrogen-bond acceptors (Lipinski definition) is 3. The van der Waals surface area contributed by atoms with Crippen LogP contribution in [0.4, 0.5) is 8.78 Å². The Bertz CT molecular complexity index is 665. The molecule has 0 bridgehead atoms. The van der Waals surface area contributed by atoms with Crippen molar-refractivity contribution in [3.63, 3.8) is 0 Å². The summed E-state index contributed by atoms with van der Waals surface area (Å²) in [5.74, 6) is 0.468. The molecule has 0 amide bonds. The fraction of sp³-hybridized carbons (Fsp3) is 0.444. The maximum absolute atomic E-state index is 12.7. The standard InChI is InChI=1S/C18H21F2NO2/c1-4-11-8-10-21-15(11)12-5-6-14(22-17(19)20)16-13(12)7-9-18(2,3)23-16/h5-9,15,17,21H,4,10H2,1-3H3. The quantitative estimate of drug-likeness (QED) is 0.831. The summed E-state index contributed by atoms with van der Waals surface area (Å²) in [7, 11) is 0. The Hall–Kier alpha value is -1.88. The first kappa shape index (κ1) is 16.0. The van der Waals surface area contributed by atoms with E-state index in [0.29, 0.717) is 5.75 Å². The van der Waals surface area contributed by atoms with Crippen molar-refractivity contribution in [1.82, 2.24) is 5.32 Å². The Morgan fingerprint density at radius 3 is 2.87 bits per heavy atom. The van der Waals surface area contributed by atoms with E-state index < -0.39 is 12.2 Å². The zero-order chi connectivity index (χ0) is 16.6. The summed E-state index contributed by atoms with van der Waals surface area (Å²) in [6.07, 6.45) is 7.00. The molecule has 1 aromatic rings. The lowest BCUT2D eigenvalue weighted by Gasteiger charge is -2.31. The average Bonchev–Trinajstić information content (AvgIpc) is 2.95. The van der Waals surface area contributed by atoms with Crippen LogP contribution < -0.4 is 14.8 Å². The van der Waals surface area contributed by atoms with E-state index in [9.17, 15) is 8.78 Å². The van der Waals surface area contributed by atoms with Crippen LogP contribution in [-0.2, 0) is 0 Å². The zero-order valence-corrected chi connectivity index (χ0v) is 13.5. The highest BCUT2D eigenvalue weighted by Crippen LogP contribution is 2.44. The zero-order valence-electron chi connectivity index (χ0n) is 13.5. The second kappa shape index (κ2) is 5.96. The molecule has 0 saturated carbocycles. The van der Waals surface area contributed by atoms with Crippen LogP contribution in [0.5, 0.6) is 11.5 Å². The normalized spacial score (nSPS) is 21.8. The van der Waals surface area contributed by atoms with Crippen LogP contribution in [0.15, 0.2) is 29.9 Å². The third kappa shape index (κ3) is 3.11. The molecule has 0 fully saturated rings. The van der Waals surface area contributed by atoms with Gasteiger partial charge in [0.25, 0.3) is 0 Å². The van der Waals surface area contributed by atoms with Crippen LogP contribution in [0.25, 0.3) is 6.08 Å². The molecule has 1 unspecified atom stereocenters. The maximum Gasteiger partial charge on any atom is 0.387 e. The Balaban J connectivity index is 2.08. The van der Waals surface area contributed by atoms with E-state index >= 15 is 0 Å². The highest BCUT2D eigenvalue weighted by atomic mass is 19.3. The van der Waals surface area contributed by atoms with Gasteiger partial charge in [-0.05, 0) is 38.0 Å². The molecule has 1 N–H and O–H groups in total. The molecule has 1 atom stereocenters. The summed E-state index contributed by atoms with van der Waals surface area (Å²) < 4.78 is 35.9. The predicted octanol–water partition coefficient (Wildman–Crippen LogP) is 4.45. The van der Waals surface area contributed by atoms with Crippen molar-refractivity contribution in [3.05, 3.63) is 41.0 Å². The number of hydrogen-bond donors (Lipinski definition) is 1. The van der Waals surface area contributed by atoms with E-state index in [2.05, 4.69) is 23.1 Å². The van der Waals surface area contributed by atoms with Crippen LogP contribution in [0.1, 0.15) is 44.4 Å². The molecule has 5 heteroatoms. The molecule has 0 aliphatic carbocycles. The van der Waals surface area contributed by atoms with Crippen molar-refractivity contribution in [3.8, 4) is 11.5 Å².